The molecule has 0 aromatic rings. The van der Waals surface area contributed by atoms with Gasteiger partial charge in [0.05, 0.1) is 5.92 Å². The van der Waals surface area contributed by atoms with Crippen molar-refractivity contribution in [3.05, 3.63) is 0 Å². The van der Waals surface area contributed by atoms with Crippen LogP contribution in [-0.2, 0) is 14.4 Å². The number of aliphatic carboxylic acids is 1. The molecule has 0 bridgehead atoms. The first-order chi connectivity index (χ1) is 8.38. The second-order valence-corrected chi connectivity index (χ2v) is 5.37. The summed E-state index contributed by atoms with van der Waals surface area (Å²) >= 11 is 0. The Hall–Kier alpha value is -1.59. The zero-order valence-electron chi connectivity index (χ0n) is 10.4. The fraction of sp³-hybridized carbons (Fsp3) is 0.750. The summed E-state index contributed by atoms with van der Waals surface area (Å²) in [6.07, 6.45) is 2.15. The molecule has 0 aromatic carbocycles. The van der Waals surface area contributed by atoms with Crippen molar-refractivity contribution in [2.75, 3.05) is 6.54 Å². The van der Waals surface area contributed by atoms with Crippen molar-refractivity contribution in [3.8, 4) is 0 Å². The molecular weight excluding hydrogens is 236 g/mol. The number of nitrogens with zero attached hydrogens (tertiary/aromatic N) is 1. The minimum absolute atomic E-state index is 0.0232. The van der Waals surface area contributed by atoms with E-state index in [-0.39, 0.29) is 24.4 Å². The number of hydrogen-bond acceptors (Lipinski definition) is 3. The van der Waals surface area contributed by atoms with E-state index in [1.807, 2.05) is 6.92 Å². The highest BCUT2D eigenvalue weighted by Crippen LogP contribution is 2.48. The molecule has 6 nitrogen and oxygen atoms in total. The summed E-state index contributed by atoms with van der Waals surface area (Å²) in [6, 6.07) is -0.0232. The van der Waals surface area contributed by atoms with E-state index in [1.54, 1.807) is 0 Å². The van der Waals surface area contributed by atoms with Crippen LogP contribution < -0.4 is 5.73 Å². The third-order valence-electron chi connectivity index (χ3n) is 4.11. The number of nitrogens with two attached hydrogens (primary N) is 1. The van der Waals surface area contributed by atoms with Crippen LogP contribution in [0.15, 0.2) is 0 Å². The van der Waals surface area contributed by atoms with Gasteiger partial charge in [-0.15, -0.1) is 0 Å². The van der Waals surface area contributed by atoms with Crippen molar-refractivity contribution >= 4 is 17.8 Å². The molecule has 2 rings (SSSR count). The Balaban J connectivity index is 2.13. The lowest BCUT2D eigenvalue weighted by Crippen LogP contribution is -2.52. The fourth-order valence-corrected chi connectivity index (χ4v) is 2.54. The number of carbonyl (C=O) groups is 3. The Kier molecular flexibility index (Phi) is 3.04. The Morgan fingerprint density at radius 1 is 1.28 bits per heavy atom. The number of likely N-dealkylation sites (tertiary alicyclic amines) is 1. The maximum atomic E-state index is 12.3. The predicted molar refractivity (Wildman–Crippen MR) is 62.4 cm³/mol. The maximum Gasteiger partial charge on any atom is 0.319 e. The van der Waals surface area contributed by atoms with Crippen LogP contribution in [0, 0.1) is 11.3 Å². The minimum Gasteiger partial charge on any atom is -0.480 e. The lowest BCUT2D eigenvalue weighted by atomic mass is 9.91. The second-order valence-electron chi connectivity index (χ2n) is 5.37. The molecule has 1 aliphatic carbocycles. The molecule has 1 saturated carbocycles. The molecule has 1 heterocycles. The number of carboxylic acids is 1. The summed E-state index contributed by atoms with van der Waals surface area (Å²) in [5.41, 5.74) is 4.04. The maximum absolute atomic E-state index is 12.3. The molecule has 100 valence electrons. The van der Waals surface area contributed by atoms with Crippen molar-refractivity contribution in [2.24, 2.45) is 17.1 Å². The van der Waals surface area contributed by atoms with Crippen LogP contribution in [0.1, 0.15) is 32.6 Å². The Morgan fingerprint density at radius 2 is 1.89 bits per heavy atom. The van der Waals surface area contributed by atoms with E-state index in [9.17, 15) is 14.4 Å². The molecule has 6 heteroatoms. The fourth-order valence-electron chi connectivity index (χ4n) is 2.54. The second kappa shape index (κ2) is 4.26. The van der Waals surface area contributed by atoms with Crippen molar-refractivity contribution in [1.29, 1.82) is 0 Å². The van der Waals surface area contributed by atoms with Crippen molar-refractivity contribution in [1.82, 2.24) is 4.90 Å². The SMILES string of the molecule is CC1CCC(C(N)=O)CN1C(=O)C1(C(=O)O)CC1. The van der Waals surface area contributed by atoms with Crippen LogP contribution in [0.5, 0.6) is 0 Å². The van der Waals surface area contributed by atoms with E-state index >= 15 is 0 Å². The standard InChI is InChI=1S/C12H18N2O4/c1-7-2-3-8(9(13)15)6-14(7)10(16)12(4-5-12)11(17)18/h7-8H,2-6H2,1H3,(H2,13,15)(H,17,18). The highest BCUT2D eigenvalue weighted by molar-refractivity contribution is 6.05. The summed E-state index contributed by atoms with van der Waals surface area (Å²) in [5, 5.41) is 9.13. The van der Waals surface area contributed by atoms with Gasteiger partial charge in [0.2, 0.25) is 11.8 Å². The van der Waals surface area contributed by atoms with Crippen LogP contribution in [0.25, 0.3) is 0 Å². The molecule has 3 N–H and O–H groups in total. The van der Waals surface area contributed by atoms with E-state index in [1.165, 1.54) is 4.90 Å². The molecule has 2 fully saturated rings. The lowest BCUT2D eigenvalue weighted by molar-refractivity contribution is -0.155. The van der Waals surface area contributed by atoms with E-state index in [0.29, 0.717) is 25.7 Å². The first kappa shape index (κ1) is 12.9. The molecule has 18 heavy (non-hydrogen) atoms. The van der Waals surface area contributed by atoms with Gasteiger partial charge >= 0.3 is 5.97 Å². The summed E-state index contributed by atoms with van der Waals surface area (Å²) < 4.78 is 0. The van der Waals surface area contributed by atoms with Gasteiger partial charge in [0.25, 0.3) is 0 Å². The van der Waals surface area contributed by atoms with Crippen LogP contribution in [0.4, 0.5) is 0 Å². The van der Waals surface area contributed by atoms with E-state index in [0.717, 1.165) is 0 Å². The Morgan fingerprint density at radius 3 is 2.33 bits per heavy atom. The van der Waals surface area contributed by atoms with Crippen LogP contribution >= 0.6 is 0 Å². The molecule has 0 aromatic heterocycles. The van der Waals surface area contributed by atoms with Crippen molar-refractivity contribution < 1.29 is 19.5 Å². The van der Waals surface area contributed by atoms with Crippen LogP contribution in [-0.4, -0.2) is 40.4 Å². The molecule has 2 aliphatic rings. The van der Waals surface area contributed by atoms with Gasteiger partial charge in [0, 0.05) is 12.6 Å². The predicted octanol–water partition coefficient (Wildman–Crippen LogP) is -0.0364. The minimum atomic E-state index is -1.23. The van der Waals surface area contributed by atoms with E-state index in [4.69, 9.17) is 10.8 Å². The van der Waals surface area contributed by atoms with E-state index < -0.39 is 17.3 Å². The zero-order chi connectivity index (χ0) is 13.5. The van der Waals surface area contributed by atoms with Crippen LogP contribution in [0.3, 0.4) is 0 Å². The highest BCUT2D eigenvalue weighted by Gasteiger charge is 2.59. The lowest BCUT2D eigenvalue weighted by Gasteiger charge is -2.38. The molecule has 1 saturated heterocycles. The smallest absolute Gasteiger partial charge is 0.319 e. The van der Waals surface area contributed by atoms with Gasteiger partial charge in [-0.05, 0) is 32.6 Å². The average molecular weight is 254 g/mol. The molecule has 0 radical (unpaired) electrons. The van der Waals surface area contributed by atoms with Gasteiger partial charge in [-0.2, -0.15) is 0 Å². The molecular formula is C12H18N2O4. The third kappa shape index (κ3) is 1.95. The summed E-state index contributed by atoms with van der Waals surface area (Å²) in [4.78, 5) is 36.2. The molecule has 2 amide bonds. The first-order valence-corrected chi connectivity index (χ1v) is 6.22. The Bertz CT molecular complexity index is 403. The zero-order valence-corrected chi connectivity index (χ0v) is 10.4. The molecule has 2 unspecified atom stereocenters. The quantitative estimate of drug-likeness (QED) is 0.690. The van der Waals surface area contributed by atoms with Gasteiger partial charge in [-0.1, -0.05) is 0 Å². The van der Waals surface area contributed by atoms with Crippen molar-refractivity contribution in [2.45, 2.75) is 38.6 Å². The van der Waals surface area contributed by atoms with Crippen molar-refractivity contribution in [3.63, 3.8) is 0 Å². The van der Waals surface area contributed by atoms with Crippen LogP contribution in [0.2, 0.25) is 0 Å². The van der Waals surface area contributed by atoms with E-state index in [2.05, 4.69) is 0 Å². The number of carbonyl (C=O) groups excluding carboxylic acids is 2. The van der Waals surface area contributed by atoms with Gasteiger partial charge in [-0.3, -0.25) is 14.4 Å². The Labute approximate surface area is 105 Å². The monoisotopic (exact) mass is 254 g/mol. The van der Waals surface area contributed by atoms with Gasteiger partial charge in [0.15, 0.2) is 0 Å². The highest BCUT2D eigenvalue weighted by atomic mass is 16.4. The number of piperidine rings is 1. The normalized spacial score (nSPS) is 29.7. The summed E-state index contributed by atoms with van der Waals surface area (Å²) in [6.45, 7) is 2.14. The molecule has 1 aliphatic heterocycles. The number of carboxylic acid groups (broad SMARTS) is 1. The molecule has 2 atom stereocenters. The topological polar surface area (TPSA) is 101 Å². The number of primary amides is 1. The average Bonchev–Trinajstić information content (AvgIpc) is 3.09. The number of hydrogen-bond donors (Lipinski definition) is 2. The van der Waals surface area contributed by atoms with Gasteiger partial charge < -0.3 is 15.7 Å². The first-order valence-electron chi connectivity index (χ1n) is 6.22. The number of rotatable bonds is 3. The van der Waals surface area contributed by atoms with Gasteiger partial charge in [-0.25, -0.2) is 0 Å². The molecule has 0 spiro atoms. The number of amides is 2. The largest absolute Gasteiger partial charge is 0.480 e. The summed E-state index contributed by atoms with van der Waals surface area (Å²) in [7, 11) is 0. The third-order valence-corrected chi connectivity index (χ3v) is 4.11. The van der Waals surface area contributed by atoms with Gasteiger partial charge in [0.1, 0.15) is 5.41 Å². The summed E-state index contributed by atoms with van der Waals surface area (Å²) in [5.74, 6) is -2.18.